The quantitative estimate of drug-likeness (QED) is 0.421. The molecular weight excluding hydrogens is 406 g/mol. The Morgan fingerprint density at radius 2 is 1.56 bits per heavy atom. The molecule has 4 rings (SSSR count). The van der Waals surface area contributed by atoms with Crippen LogP contribution in [0.1, 0.15) is 29.4 Å². The molecule has 166 valence electrons. The molecule has 8 nitrogen and oxygen atoms in total. The number of piperazine rings is 1. The van der Waals surface area contributed by atoms with E-state index in [0.717, 1.165) is 13.1 Å². The molecule has 0 atom stereocenters. The largest absolute Gasteiger partial charge is 0.381 e. The summed E-state index contributed by atoms with van der Waals surface area (Å²) in [4.78, 5) is 31.4. The van der Waals surface area contributed by atoms with Gasteiger partial charge in [0, 0.05) is 46.1 Å². The van der Waals surface area contributed by atoms with Crippen molar-refractivity contribution in [3.05, 3.63) is 93.9 Å². The second-order valence-electron chi connectivity index (χ2n) is 7.99. The summed E-state index contributed by atoms with van der Waals surface area (Å²) in [5, 5.41) is 10.9. The highest BCUT2D eigenvalue weighted by atomic mass is 16.6. The number of rotatable bonds is 7. The summed E-state index contributed by atoms with van der Waals surface area (Å²) in [5.74, 6) is 0.427. The first-order valence-electron chi connectivity index (χ1n) is 10.8. The van der Waals surface area contributed by atoms with Gasteiger partial charge in [-0.15, -0.1) is 0 Å². The van der Waals surface area contributed by atoms with E-state index in [2.05, 4.69) is 58.4 Å². The van der Waals surface area contributed by atoms with Crippen LogP contribution in [0.4, 0.5) is 5.82 Å². The van der Waals surface area contributed by atoms with Crippen molar-refractivity contribution in [2.45, 2.75) is 25.9 Å². The highest BCUT2D eigenvalue weighted by Crippen LogP contribution is 2.29. The van der Waals surface area contributed by atoms with E-state index in [1.807, 2.05) is 17.0 Å². The molecule has 1 fully saturated rings. The number of carbonyl (C=O) groups is 1. The highest BCUT2D eigenvalue weighted by Gasteiger charge is 2.28. The van der Waals surface area contributed by atoms with E-state index < -0.39 is 4.92 Å². The van der Waals surface area contributed by atoms with Crippen LogP contribution in [-0.2, 0) is 11.3 Å². The Labute approximate surface area is 187 Å². The number of imidazole rings is 1. The minimum absolute atomic E-state index is 0.0661. The van der Waals surface area contributed by atoms with Crippen molar-refractivity contribution in [3.8, 4) is 0 Å². The first kappa shape index (κ1) is 21.7. The van der Waals surface area contributed by atoms with E-state index in [0.29, 0.717) is 31.9 Å². The van der Waals surface area contributed by atoms with Crippen LogP contribution in [0.2, 0.25) is 0 Å². The average molecular weight is 434 g/mol. The van der Waals surface area contributed by atoms with Gasteiger partial charge in [-0.25, -0.2) is 0 Å². The fourth-order valence-electron chi connectivity index (χ4n) is 4.29. The number of amides is 1. The van der Waals surface area contributed by atoms with Gasteiger partial charge in [0.2, 0.25) is 11.7 Å². The third-order valence-electron chi connectivity index (χ3n) is 5.98. The zero-order chi connectivity index (χ0) is 22.5. The molecule has 8 heteroatoms. The van der Waals surface area contributed by atoms with Gasteiger partial charge in [-0.05, 0) is 21.0 Å². The number of aryl methyl sites for hydroxylation is 2. The van der Waals surface area contributed by atoms with Crippen molar-refractivity contribution in [1.82, 2.24) is 19.4 Å². The van der Waals surface area contributed by atoms with Gasteiger partial charge >= 0.3 is 5.82 Å². The van der Waals surface area contributed by atoms with Crippen molar-refractivity contribution in [3.63, 3.8) is 0 Å². The Morgan fingerprint density at radius 3 is 2.06 bits per heavy atom. The molecule has 32 heavy (non-hydrogen) atoms. The zero-order valence-corrected chi connectivity index (χ0v) is 18.1. The average Bonchev–Trinajstić information content (AvgIpc) is 3.20. The molecule has 0 radical (unpaired) electrons. The Balaban J connectivity index is 1.38. The van der Waals surface area contributed by atoms with Crippen LogP contribution in [0.5, 0.6) is 0 Å². The second kappa shape index (κ2) is 9.74. The maximum absolute atomic E-state index is 12.8. The molecular formula is C24H27N5O3. The van der Waals surface area contributed by atoms with Crippen LogP contribution < -0.4 is 0 Å². The molecule has 1 aromatic heterocycles. The Bertz CT molecular complexity index is 1020. The van der Waals surface area contributed by atoms with Crippen LogP contribution in [0, 0.1) is 17.0 Å². The van der Waals surface area contributed by atoms with Crippen molar-refractivity contribution >= 4 is 11.7 Å². The Morgan fingerprint density at radius 1 is 1.00 bits per heavy atom. The molecule has 1 aliphatic heterocycles. The predicted molar refractivity (Wildman–Crippen MR) is 121 cm³/mol. The molecule has 0 spiro atoms. The van der Waals surface area contributed by atoms with Gasteiger partial charge in [-0.1, -0.05) is 60.7 Å². The molecule has 0 aliphatic carbocycles. The van der Waals surface area contributed by atoms with E-state index in [1.165, 1.54) is 17.3 Å². The lowest BCUT2D eigenvalue weighted by molar-refractivity contribution is -0.389. The third kappa shape index (κ3) is 4.86. The Kier molecular flexibility index (Phi) is 6.61. The van der Waals surface area contributed by atoms with Crippen molar-refractivity contribution in [2.24, 2.45) is 0 Å². The van der Waals surface area contributed by atoms with Crippen molar-refractivity contribution < 1.29 is 9.72 Å². The number of nitrogens with zero attached hydrogens (tertiary/aromatic N) is 5. The van der Waals surface area contributed by atoms with Gasteiger partial charge in [0.25, 0.3) is 0 Å². The summed E-state index contributed by atoms with van der Waals surface area (Å²) in [5.41, 5.74) is 2.49. The SMILES string of the molecule is Cc1nc([N+](=O)[O-])cn1CCC(=O)N1CCN(C(c2ccccc2)c2ccccc2)CC1. The summed E-state index contributed by atoms with van der Waals surface area (Å²) in [6.45, 7) is 5.01. The molecule has 1 aliphatic rings. The number of nitro groups is 1. The maximum Gasteiger partial charge on any atom is 0.381 e. The summed E-state index contributed by atoms with van der Waals surface area (Å²) in [6.07, 6.45) is 1.69. The fourth-order valence-corrected chi connectivity index (χ4v) is 4.29. The van der Waals surface area contributed by atoms with E-state index in [1.54, 1.807) is 11.5 Å². The second-order valence-corrected chi connectivity index (χ2v) is 7.99. The van der Waals surface area contributed by atoms with Crippen molar-refractivity contribution in [1.29, 1.82) is 0 Å². The minimum atomic E-state index is -0.513. The first-order valence-corrected chi connectivity index (χ1v) is 10.8. The summed E-state index contributed by atoms with van der Waals surface area (Å²) >= 11 is 0. The molecule has 2 aromatic carbocycles. The summed E-state index contributed by atoms with van der Waals surface area (Å²) in [6, 6.07) is 21.1. The van der Waals surface area contributed by atoms with Gasteiger partial charge in [-0.2, -0.15) is 0 Å². The maximum atomic E-state index is 12.8. The van der Waals surface area contributed by atoms with E-state index in [-0.39, 0.29) is 17.8 Å². The third-order valence-corrected chi connectivity index (χ3v) is 5.98. The number of hydrogen-bond acceptors (Lipinski definition) is 5. The van der Waals surface area contributed by atoms with Crippen LogP contribution >= 0.6 is 0 Å². The van der Waals surface area contributed by atoms with E-state index >= 15 is 0 Å². The van der Waals surface area contributed by atoms with Crippen LogP contribution in [-0.4, -0.2) is 56.4 Å². The van der Waals surface area contributed by atoms with Gasteiger partial charge < -0.3 is 19.6 Å². The van der Waals surface area contributed by atoms with Crippen LogP contribution in [0.15, 0.2) is 66.9 Å². The molecule has 0 bridgehead atoms. The summed E-state index contributed by atoms with van der Waals surface area (Å²) < 4.78 is 1.67. The number of benzene rings is 2. The van der Waals surface area contributed by atoms with E-state index in [9.17, 15) is 14.9 Å². The molecule has 0 saturated carbocycles. The molecule has 3 aromatic rings. The van der Waals surface area contributed by atoms with E-state index in [4.69, 9.17) is 0 Å². The smallest absolute Gasteiger partial charge is 0.358 e. The number of hydrogen-bond donors (Lipinski definition) is 0. The topological polar surface area (TPSA) is 84.5 Å². The fraction of sp³-hybridized carbons (Fsp3) is 0.333. The van der Waals surface area contributed by atoms with Gasteiger partial charge in [-0.3, -0.25) is 9.69 Å². The number of aromatic nitrogens is 2. The normalized spacial score (nSPS) is 14.6. The first-order chi connectivity index (χ1) is 15.5. The molecule has 1 saturated heterocycles. The molecule has 0 unspecified atom stereocenters. The lowest BCUT2D eigenvalue weighted by Crippen LogP contribution is -2.50. The monoisotopic (exact) mass is 433 g/mol. The predicted octanol–water partition coefficient (Wildman–Crippen LogP) is 3.42. The van der Waals surface area contributed by atoms with Gasteiger partial charge in [0.05, 0.1) is 6.04 Å². The number of carbonyl (C=O) groups excluding carboxylic acids is 1. The standard InChI is InChI=1S/C24H27N5O3/c1-19-25-22(29(31)32)18-28(19)13-12-23(30)26-14-16-27(17-15-26)24(20-8-4-2-5-9-20)21-10-6-3-7-11-21/h2-11,18,24H,12-17H2,1H3. The van der Waals surface area contributed by atoms with Crippen molar-refractivity contribution in [2.75, 3.05) is 26.2 Å². The molecule has 1 amide bonds. The minimum Gasteiger partial charge on any atom is -0.358 e. The van der Waals surface area contributed by atoms with Gasteiger partial charge in [0.1, 0.15) is 6.20 Å². The lowest BCUT2D eigenvalue weighted by Gasteiger charge is -2.40. The van der Waals surface area contributed by atoms with Crippen LogP contribution in [0.3, 0.4) is 0 Å². The molecule has 2 heterocycles. The molecule has 0 N–H and O–H groups in total. The highest BCUT2D eigenvalue weighted by molar-refractivity contribution is 5.76. The Hall–Kier alpha value is -3.52. The zero-order valence-electron chi connectivity index (χ0n) is 18.1. The van der Waals surface area contributed by atoms with Crippen LogP contribution in [0.25, 0.3) is 0 Å². The lowest BCUT2D eigenvalue weighted by atomic mass is 9.96. The summed E-state index contributed by atoms with van der Waals surface area (Å²) in [7, 11) is 0. The van der Waals surface area contributed by atoms with Gasteiger partial charge in [0.15, 0.2) is 0 Å².